The normalized spacial score (nSPS) is 11.3. The molecule has 0 saturated carbocycles. The standard InChI is InChI=1S/C11H14Cl2N2O3S/c1-19(17,18)4-2-3-15-11(16)7-5-8(12)10(13)9(14)6-7/h5-6H,2-4,14H2,1H3,(H,15,16). The lowest BCUT2D eigenvalue weighted by Gasteiger charge is -2.07. The van der Waals surface area contributed by atoms with E-state index in [0.29, 0.717) is 6.42 Å². The van der Waals surface area contributed by atoms with E-state index in [1.807, 2.05) is 0 Å². The average molecular weight is 325 g/mol. The summed E-state index contributed by atoms with van der Waals surface area (Å²) in [5, 5.41) is 2.99. The van der Waals surface area contributed by atoms with Crippen LogP contribution in [0.15, 0.2) is 12.1 Å². The smallest absolute Gasteiger partial charge is 0.251 e. The molecule has 106 valence electrons. The highest BCUT2D eigenvalue weighted by Gasteiger charge is 2.11. The van der Waals surface area contributed by atoms with Crippen molar-refractivity contribution in [1.82, 2.24) is 5.32 Å². The van der Waals surface area contributed by atoms with Crippen molar-refractivity contribution in [3.05, 3.63) is 27.7 Å². The molecule has 1 aromatic carbocycles. The molecule has 0 aliphatic rings. The second-order valence-electron chi connectivity index (χ2n) is 4.10. The first-order valence-corrected chi connectivity index (χ1v) is 8.23. The molecule has 5 nitrogen and oxygen atoms in total. The van der Waals surface area contributed by atoms with Crippen molar-refractivity contribution in [2.75, 3.05) is 24.3 Å². The molecular formula is C11H14Cl2N2O3S. The molecule has 0 aliphatic heterocycles. The molecule has 0 aliphatic carbocycles. The third-order valence-corrected chi connectivity index (χ3v) is 4.14. The molecular weight excluding hydrogens is 311 g/mol. The van der Waals surface area contributed by atoms with Crippen LogP contribution in [0.5, 0.6) is 0 Å². The van der Waals surface area contributed by atoms with Crippen molar-refractivity contribution in [3.8, 4) is 0 Å². The first-order chi connectivity index (χ1) is 8.70. The molecule has 0 unspecified atom stereocenters. The molecule has 0 aromatic heterocycles. The summed E-state index contributed by atoms with van der Waals surface area (Å²) in [5.41, 5.74) is 6.10. The van der Waals surface area contributed by atoms with Gasteiger partial charge in [0.05, 0.1) is 21.5 Å². The molecule has 0 spiro atoms. The number of halogens is 2. The van der Waals surface area contributed by atoms with Gasteiger partial charge in [0, 0.05) is 18.4 Å². The van der Waals surface area contributed by atoms with Crippen LogP contribution < -0.4 is 11.1 Å². The maximum absolute atomic E-state index is 11.8. The van der Waals surface area contributed by atoms with E-state index >= 15 is 0 Å². The Morgan fingerprint density at radius 2 is 2.00 bits per heavy atom. The summed E-state index contributed by atoms with van der Waals surface area (Å²) >= 11 is 11.6. The summed E-state index contributed by atoms with van der Waals surface area (Å²) in [5.74, 6) is -0.352. The summed E-state index contributed by atoms with van der Waals surface area (Å²) in [6, 6.07) is 2.83. The number of sulfone groups is 1. The molecule has 19 heavy (non-hydrogen) atoms. The van der Waals surface area contributed by atoms with Gasteiger partial charge >= 0.3 is 0 Å². The Hall–Kier alpha value is -0.980. The van der Waals surface area contributed by atoms with E-state index < -0.39 is 9.84 Å². The second kappa shape index (κ2) is 6.45. The number of nitrogen functional groups attached to an aromatic ring is 1. The highest BCUT2D eigenvalue weighted by molar-refractivity contribution is 7.90. The zero-order chi connectivity index (χ0) is 14.6. The largest absolute Gasteiger partial charge is 0.397 e. The Morgan fingerprint density at radius 3 is 2.53 bits per heavy atom. The number of rotatable bonds is 5. The van der Waals surface area contributed by atoms with Gasteiger partial charge in [-0.05, 0) is 18.6 Å². The van der Waals surface area contributed by atoms with E-state index in [4.69, 9.17) is 28.9 Å². The first kappa shape index (κ1) is 16.1. The number of carbonyl (C=O) groups excluding carboxylic acids is 1. The summed E-state index contributed by atoms with van der Waals surface area (Å²) in [6.07, 6.45) is 1.50. The van der Waals surface area contributed by atoms with Gasteiger partial charge in [0.1, 0.15) is 9.84 Å². The second-order valence-corrected chi connectivity index (χ2v) is 7.15. The van der Waals surface area contributed by atoms with Gasteiger partial charge < -0.3 is 11.1 Å². The highest BCUT2D eigenvalue weighted by Crippen LogP contribution is 2.29. The van der Waals surface area contributed by atoms with Crippen LogP contribution in [0.25, 0.3) is 0 Å². The minimum atomic E-state index is -3.02. The molecule has 0 fully saturated rings. The van der Waals surface area contributed by atoms with Crippen LogP contribution in [-0.2, 0) is 9.84 Å². The zero-order valence-electron chi connectivity index (χ0n) is 10.2. The van der Waals surface area contributed by atoms with Crippen LogP contribution in [0, 0.1) is 0 Å². The predicted molar refractivity (Wildman–Crippen MR) is 77.5 cm³/mol. The Balaban J connectivity index is 2.60. The van der Waals surface area contributed by atoms with Crippen molar-refractivity contribution in [1.29, 1.82) is 0 Å². The number of anilines is 1. The zero-order valence-corrected chi connectivity index (χ0v) is 12.6. The van der Waals surface area contributed by atoms with E-state index in [0.717, 1.165) is 6.26 Å². The average Bonchev–Trinajstić information content (AvgIpc) is 2.29. The maximum Gasteiger partial charge on any atom is 0.251 e. The lowest BCUT2D eigenvalue weighted by Crippen LogP contribution is -2.26. The topological polar surface area (TPSA) is 89.3 Å². The number of hydrogen-bond acceptors (Lipinski definition) is 4. The molecule has 1 aromatic rings. The first-order valence-electron chi connectivity index (χ1n) is 5.41. The SMILES string of the molecule is CS(=O)(=O)CCCNC(=O)c1cc(N)c(Cl)c(Cl)c1. The Kier molecular flexibility index (Phi) is 5.46. The Labute approximate surface area is 122 Å². The van der Waals surface area contributed by atoms with Crippen LogP contribution >= 0.6 is 23.2 Å². The number of carbonyl (C=O) groups is 1. The van der Waals surface area contributed by atoms with E-state index in [9.17, 15) is 13.2 Å². The number of nitrogens with one attached hydrogen (secondary N) is 1. The van der Waals surface area contributed by atoms with Crippen molar-refractivity contribution in [3.63, 3.8) is 0 Å². The summed E-state index contributed by atoms with van der Waals surface area (Å²) < 4.78 is 21.8. The van der Waals surface area contributed by atoms with Crippen molar-refractivity contribution < 1.29 is 13.2 Å². The van der Waals surface area contributed by atoms with E-state index in [1.165, 1.54) is 12.1 Å². The number of hydrogen-bond donors (Lipinski definition) is 2. The Bertz CT molecular complexity index is 565. The molecule has 0 radical (unpaired) electrons. The van der Waals surface area contributed by atoms with Gasteiger partial charge in [-0.15, -0.1) is 0 Å². The van der Waals surface area contributed by atoms with Crippen LogP contribution in [0.2, 0.25) is 10.0 Å². The summed E-state index contributed by atoms with van der Waals surface area (Å²) in [6.45, 7) is 0.256. The van der Waals surface area contributed by atoms with Crippen molar-refractivity contribution >= 4 is 44.6 Å². The van der Waals surface area contributed by atoms with Gasteiger partial charge in [-0.2, -0.15) is 0 Å². The van der Waals surface area contributed by atoms with Gasteiger partial charge in [0.2, 0.25) is 0 Å². The molecule has 0 bridgehead atoms. The molecule has 0 saturated heterocycles. The monoisotopic (exact) mass is 324 g/mol. The molecule has 8 heteroatoms. The lowest BCUT2D eigenvalue weighted by molar-refractivity contribution is 0.0953. The molecule has 0 atom stereocenters. The van der Waals surface area contributed by atoms with Crippen LogP contribution in [-0.4, -0.2) is 32.9 Å². The van der Waals surface area contributed by atoms with Crippen molar-refractivity contribution in [2.45, 2.75) is 6.42 Å². The minimum absolute atomic E-state index is 0.0246. The molecule has 1 rings (SSSR count). The highest BCUT2D eigenvalue weighted by atomic mass is 35.5. The quantitative estimate of drug-likeness (QED) is 0.637. The fourth-order valence-electron chi connectivity index (χ4n) is 1.38. The predicted octanol–water partition coefficient (Wildman–Crippen LogP) is 1.74. The maximum atomic E-state index is 11.8. The van der Waals surface area contributed by atoms with Crippen molar-refractivity contribution in [2.24, 2.45) is 0 Å². The van der Waals surface area contributed by atoms with Gasteiger partial charge in [-0.1, -0.05) is 23.2 Å². The molecule has 0 heterocycles. The van der Waals surface area contributed by atoms with Gasteiger partial charge in [0.25, 0.3) is 5.91 Å². The third-order valence-electron chi connectivity index (χ3n) is 2.30. The van der Waals surface area contributed by atoms with Crippen LogP contribution in [0.4, 0.5) is 5.69 Å². The Morgan fingerprint density at radius 1 is 1.37 bits per heavy atom. The molecule has 3 N–H and O–H groups in total. The fraction of sp³-hybridized carbons (Fsp3) is 0.364. The van der Waals surface area contributed by atoms with Crippen LogP contribution in [0.1, 0.15) is 16.8 Å². The summed E-state index contributed by atoms with van der Waals surface area (Å²) in [4.78, 5) is 11.8. The fourth-order valence-corrected chi connectivity index (χ4v) is 2.38. The lowest BCUT2D eigenvalue weighted by atomic mass is 10.2. The minimum Gasteiger partial charge on any atom is -0.397 e. The number of nitrogens with two attached hydrogens (primary N) is 1. The number of amides is 1. The van der Waals surface area contributed by atoms with Gasteiger partial charge in [0.15, 0.2) is 0 Å². The summed E-state index contributed by atoms with van der Waals surface area (Å²) in [7, 11) is -3.02. The molecule has 1 amide bonds. The van der Waals surface area contributed by atoms with Gasteiger partial charge in [-0.25, -0.2) is 8.42 Å². The van der Waals surface area contributed by atoms with Crippen LogP contribution in [0.3, 0.4) is 0 Å². The number of benzene rings is 1. The third kappa shape index (κ3) is 5.26. The van der Waals surface area contributed by atoms with E-state index in [-0.39, 0.29) is 39.5 Å². The van der Waals surface area contributed by atoms with E-state index in [2.05, 4.69) is 5.32 Å². The van der Waals surface area contributed by atoms with Gasteiger partial charge in [-0.3, -0.25) is 4.79 Å². The van der Waals surface area contributed by atoms with E-state index in [1.54, 1.807) is 0 Å².